The molecule has 2 nitrogen and oxygen atoms in total. The lowest BCUT2D eigenvalue weighted by molar-refractivity contribution is -0.131. The molecule has 0 atom stereocenters. The summed E-state index contributed by atoms with van der Waals surface area (Å²) in [5.74, 6) is -15.2. The highest BCUT2D eigenvalue weighted by molar-refractivity contribution is 7.12. The summed E-state index contributed by atoms with van der Waals surface area (Å²) in [6, 6.07) is 0. The topological polar surface area (TPSA) is 26.3 Å². The van der Waals surface area contributed by atoms with Crippen LogP contribution in [0.2, 0.25) is 0 Å². The zero-order chi connectivity index (χ0) is 17.5. The van der Waals surface area contributed by atoms with Crippen molar-refractivity contribution < 1.29 is 44.7 Å². The fraction of sp³-hybridized carbons (Fsp3) is 0. The molecule has 2 aromatic rings. The van der Waals surface area contributed by atoms with Crippen LogP contribution in [-0.4, -0.2) is 5.97 Å². The molecule has 124 valence electrons. The molecule has 0 radical (unpaired) electrons. The van der Waals surface area contributed by atoms with E-state index in [4.69, 9.17) is 0 Å². The first-order valence-electron chi connectivity index (χ1n) is 5.19. The lowest BCUT2D eigenvalue weighted by atomic mass is 10.3. The molecule has 0 spiro atoms. The minimum Gasteiger partial charge on any atom is -0.407 e. The van der Waals surface area contributed by atoms with E-state index in [1.165, 1.54) is 0 Å². The van der Waals surface area contributed by atoms with Crippen molar-refractivity contribution in [3.63, 3.8) is 0 Å². The van der Waals surface area contributed by atoms with Gasteiger partial charge < -0.3 is 4.74 Å². The predicted octanol–water partition coefficient (Wildman–Crippen LogP) is 4.86. The van der Waals surface area contributed by atoms with Crippen LogP contribution < -0.4 is 4.74 Å². The first-order chi connectivity index (χ1) is 10.6. The standard InChI is InChI=1S/C11F8O2S2/c12-1-3(14)8(18)22-7(1)2(13)5(16)10(20)21-11-6(17)4(15)9(19)23-11. The molecular formula is C11F8O2S2. The summed E-state index contributed by atoms with van der Waals surface area (Å²) < 4.78 is 108. The SMILES string of the molecule is O=C(Oc1sc(F)c(F)c1F)C(F)=C(F)c1sc(F)c(F)c1F. The van der Waals surface area contributed by atoms with Crippen molar-refractivity contribution in [3.05, 3.63) is 44.2 Å². The molecule has 0 saturated carbocycles. The van der Waals surface area contributed by atoms with Crippen molar-refractivity contribution in [2.75, 3.05) is 0 Å². The molecule has 0 aliphatic heterocycles. The summed E-state index contributed by atoms with van der Waals surface area (Å²) in [4.78, 5) is 9.68. The van der Waals surface area contributed by atoms with Crippen LogP contribution >= 0.6 is 22.7 Å². The van der Waals surface area contributed by atoms with E-state index in [2.05, 4.69) is 4.74 Å². The summed E-state index contributed by atoms with van der Waals surface area (Å²) in [6.07, 6.45) is 0. The highest BCUT2D eigenvalue weighted by atomic mass is 32.1. The van der Waals surface area contributed by atoms with E-state index in [1.807, 2.05) is 0 Å². The second-order valence-corrected chi connectivity index (χ2v) is 5.55. The monoisotopic (exact) mass is 380 g/mol. The van der Waals surface area contributed by atoms with Crippen molar-refractivity contribution in [2.45, 2.75) is 0 Å². The van der Waals surface area contributed by atoms with Crippen molar-refractivity contribution in [1.82, 2.24) is 0 Å². The number of carbonyl (C=O) groups is 1. The van der Waals surface area contributed by atoms with Crippen LogP contribution in [0.4, 0.5) is 35.1 Å². The maximum Gasteiger partial charge on any atom is 0.376 e. The van der Waals surface area contributed by atoms with Gasteiger partial charge in [-0.1, -0.05) is 22.7 Å². The lowest BCUT2D eigenvalue weighted by Gasteiger charge is -2.00. The van der Waals surface area contributed by atoms with E-state index >= 15 is 0 Å². The number of thiophene rings is 2. The Morgan fingerprint density at radius 2 is 1.30 bits per heavy atom. The first kappa shape index (κ1) is 17.4. The summed E-state index contributed by atoms with van der Waals surface area (Å²) in [6.45, 7) is 0. The van der Waals surface area contributed by atoms with Gasteiger partial charge in [0.15, 0.2) is 11.6 Å². The van der Waals surface area contributed by atoms with Crippen LogP contribution in [0.15, 0.2) is 5.83 Å². The summed E-state index contributed by atoms with van der Waals surface area (Å²) in [7, 11) is 0. The molecule has 23 heavy (non-hydrogen) atoms. The van der Waals surface area contributed by atoms with E-state index in [9.17, 15) is 39.9 Å². The second-order valence-electron chi connectivity index (χ2n) is 3.64. The number of hydrogen-bond acceptors (Lipinski definition) is 4. The smallest absolute Gasteiger partial charge is 0.376 e. The molecule has 0 aliphatic carbocycles. The summed E-state index contributed by atoms with van der Waals surface area (Å²) in [5, 5.41) is -4.87. The Kier molecular flexibility index (Phi) is 4.75. The van der Waals surface area contributed by atoms with Gasteiger partial charge in [-0.15, -0.1) is 0 Å². The average molecular weight is 380 g/mol. The normalized spacial score (nSPS) is 12.3. The number of hydrogen-bond donors (Lipinski definition) is 0. The summed E-state index contributed by atoms with van der Waals surface area (Å²) in [5.41, 5.74) is 0. The third-order valence-electron chi connectivity index (χ3n) is 2.24. The number of carbonyl (C=O) groups excluding carboxylic acids is 1. The predicted molar refractivity (Wildman–Crippen MR) is 63.2 cm³/mol. The van der Waals surface area contributed by atoms with Gasteiger partial charge in [-0.05, 0) is 0 Å². The molecule has 12 heteroatoms. The Morgan fingerprint density at radius 1 is 0.783 bits per heavy atom. The van der Waals surface area contributed by atoms with Gasteiger partial charge in [0, 0.05) is 0 Å². The van der Waals surface area contributed by atoms with Gasteiger partial charge in [0.1, 0.15) is 4.88 Å². The second kappa shape index (κ2) is 6.28. The van der Waals surface area contributed by atoms with E-state index in [0.717, 1.165) is 0 Å². The van der Waals surface area contributed by atoms with Crippen LogP contribution in [0.3, 0.4) is 0 Å². The number of ether oxygens (including phenoxy) is 1. The van der Waals surface area contributed by atoms with Crippen molar-refractivity contribution in [2.24, 2.45) is 0 Å². The third kappa shape index (κ3) is 3.08. The van der Waals surface area contributed by atoms with Crippen LogP contribution in [0.25, 0.3) is 5.83 Å². The Bertz CT molecular complexity index is 823. The molecule has 0 saturated heterocycles. The summed E-state index contributed by atoms with van der Waals surface area (Å²) >= 11 is -0.837. The Morgan fingerprint density at radius 3 is 1.74 bits per heavy atom. The minimum absolute atomic E-state index is 0.359. The zero-order valence-electron chi connectivity index (χ0n) is 10.2. The minimum atomic E-state index is -2.47. The molecule has 2 aromatic heterocycles. The van der Waals surface area contributed by atoms with Crippen LogP contribution in [0.1, 0.15) is 4.88 Å². The fourth-order valence-corrected chi connectivity index (χ4v) is 2.59. The van der Waals surface area contributed by atoms with Gasteiger partial charge in [0.05, 0.1) is 0 Å². The Hall–Kier alpha value is -1.95. The van der Waals surface area contributed by atoms with Crippen molar-refractivity contribution in [3.8, 4) is 5.06 Å². The molecule has 0 N–H and O–H groups in total. The lowest BCUT2D eigenvalue weighted by Crippen LogP contribution is -2.09. The van der Waals surface area contributed by atoms with Gasteiger partial charge in [-0.3, -0.25) is 0 Å². The first-order valence-corrected chi connectivity index (χ1v) is 6.82. The maximum atomic E-state index is 13.5. The van der Waals surface area contributed by atoms with Gasteiger partial charge in [-0.25, -0.2) is 13.6 Å². The van der Waals surface area contributed by atoms with E-state index in [1.54, 1.807) is 0 Å². The fourth-order valence-electron chi connectivity index (χ4n) is 1.24. The highest BCUT2D eigenvalue weighted by Gasteiger charge is 2.29. The average Bonchev–Trinajstić information content (AvgIpc) is 2.91. The largest absolute Gasteiger partial charge is 0.407 e. The molecule has 2 rings (SSSR count). The van der Waals surface area contributed by atoms with E-state index in [-0.39, 0.29) is 11.3 Å². The number of rotatable bonds is 3. The van der Waals surface area contributed by atoms with Crippen LogP contribution in [0, 0.1) is 33.5 Å². The molecule has 0 unspecified atom stereocenters. The molecule has 0 fully saturated rings. The molecule has 0 bridgehead atoms. The highest BCUT2D eigenvalue weighted by Crippen LogP contribution is 2.35. The zero-order valence-corrected chi connectivity index (χ0v) is 11.8. The van der Waals surface area contributed by atoms with E-state index < -0.39 is 72.4 Å². The molecule has 0 aromatic carbocycles. The molecule has 0 aliphatic rings. The molecule has 0 amide bonds. The molecule has 2 heterocycles. The van der Waals surface area contributed by atoms with Gasteiger partial charge in [0.25, 0.3) is 0 Å². The molecular weight excluding hydrogens is 380 g/mol. The number of esters is 1. The third-order valence-corrected chi connectivity index (χ3v) is 3.97. The van der Waals surface area contributed by atoms with Crippen LogP contribution in [-0.2, 0) is 4.79 Å². The van der Waals surface area contributed by atoms with Gasteiger partial charge in [-0.2, -0.15) is 26.3 Å². The Balaban J connectivity index is 2.34. The maximum absolute atomic E-state index is 13.5. The van der Waals surface area contributed by atoms with Crippen LogP contribution in [0.5, 0.6) is 5.06 Å². The quantitative estimate of drug-likeness (QED) is 0.432. The van der Waals surface area contributed by atoms with Gasteiger partial charge >= 0.3 is 5.97 Å². The van der Waals surface area contributed by atoms with E-state index in [0.29, 0.717) is 0 Å². The Labute approximate surface area is 129 Å². The van der Waals surface area contributed by atoms with Crippen molar-refractivity contribution >= 4 is 34.5 Å². The van der Waals surface area contributed by atoms with Gasteiger partial charge in [0.2, 0.25) is 38.6 Å². The number of halogens is 8. The van der Waals surface area contributed by atoms with Crippen molar-refractivity contribution in [1.29, 1.82) is 0 Å².